The Kier molecular flexibility index (Phi) is 4.67. The van der Waals surface area contributed by atoms with Crippen molar-refractivity contribution in [2.45, 2.75) is 0 Å². The summed E-state index contributed by atoms with van der Waals surface area (Å²) in [7, 11) is 0. The first kappa shape index (κ1) is 22.4. The van der Waals surface area contributed by atoms with E-state index in [0.29, 0.717) is 0 Å². The molecule has 0 spiro atoms. The third kappa shape index (κ3) is 3.30. The average molecular weight is 521 g/mol. The molecule has 8 aromatic rings. The van der Waals surface area contributed by atoms with Crippen molar-refractivity contribution >= 4 is 43.1 Å². The van der Waals surface area contributed by atoms with Crippen LogP contribution >= 0.6 is 0 Å². The summed E-state index contributed by atoms with van der Waals surface area (Å²) < 4.78 is 6.43. The highest BCUT2D eigenvalue weighted by molar-refractivity contribution is 6.22. The van der Waals surface area contributed by atoms with Gasteiger partial charge in [0, 0.05) is 10.9 Å². The van der Waals surface area contributed by atoms with Gasteiger partial charge in [-0.1, -0.05) is 121 Å². The minimum Gasteiger partial charge on any atom is -0.456 e. The van der Waals surface area contributed by atoms with Crippen LogP contribution in [0.2, 0.25) is 0 Å². The highest BCUT2D eigenvalue weighted by atomic mass is 16.5. The third-order valence-electron chi connectivity index (χ3n) is 8.61. The molecule has 0 aromatic heterocycles. The molecule has 0 saturated carbocycles. The van der Waals surface area contributed by atoms with Gasteiger partial charge in [-0.3, -0.25) is 0 Å². The van der Waals surface area contributed by atoms with Gasteiger partial charge in [-0.2, -0.15) is 0 Å². The molecule has 0 aliphatic carbocycles. The summed E-state index contributed by atoms with van der Waals surface area (Å²) in [6, 6.07) is 52.6. The van der Waals surface area contributed by atoms with Crippen LogP contribution in [0.3, 0.4) is 0 Å². The summed E-state index contributed by atoms with van der Waals surface area (Å²) >= 11 is 0. The van der Waals surface area contributed by atoms with Crippen molar-refractivity contribution in [1.82, 2.24) is 0 Å². The van der Waals surface area contributed by atoms with Gasteiger partial charge in [0.2, 0.25) is 0 Å². The molecule has 0 amide bonds. The van der Waals surface area contributed by atoms with Crippen molar-refractivity contribution < 1.29 is 4.74 Å². The minimum atomic E-state index is 0.904. The van der Waals surface area contributed by atoms with Crippen LogP contribution in [0.4, 0.5) is 0 Å². The molecule has 190 valence electrons. The number of rotatable bonds is 2. The van der Waals surface area contributed by atoms with E-state index >= 15 is 0 Å². The van der Waals surface area contributed by atoms with Crippen molar-refractivity contribution in [3.63, 3.8) is 0 Å². The van der Waals surface area contributed by atoms with Gasteiger partial charge in [-0.05, 0) is 89.8 Å². The van der Waals surface area contributed by atoms with Crippen molar-refractivity contribution in [3.8, 4) is 44.9 Å². The molecule has 0 atom stereocenters. The van der Waals surface area contributed by atoms with E-state index in [0.717, 1.165) is 17.1 Å². The zero-order valence-corrected chi connectivity index (χ0v) is 22.3. The van der Waals surface area contributed by atoms with Gasteiger partial charge >= 0.3 is 0 Å². The molecule has 0 N–H and O–H groups in total. The zero-order chi connectivity index (χ0) is 26.9. The Morgan fingerprint density at radius 1 is 0.341 bits per heavy atom. The van der Waals surface area contributed by atoms with Gasteiger partial charge < -0.3 is 4.74 Å². The van der Waals surface area contributed by atoms with Crippen LogP contribution in [0.5, 0.6) is 11.5 Å². The summed E-state index contributed by atoms with van der Waals surface area (Å²) in [6.07, 6.45) is 0. The monoisotopic (exact) mass is 520 g/mol. The molecule has 1 nitrogen and oxygen atoms in total. The van der Waals surface area contributed by atoms with Gasteiger partial charge in [0.1, 0.15) is 11.5 Å². The van der Waals surface area contributed by atoms with Crippen molar-refractivity contribution in [2.75, 3.05) is 0 Å². The van der Waals surface area contributed by atoms with E-state index in [2.05, 4.69) is 146 Å². The van der Waals surface area contributed by atoms with Gasteiger partial charge in [-0.25, -0.2) is 0 Å². The first-order valence-corrected chi connectivity index (χ1v) is 14.1. The quantitative estimate of drug-likeness (QED) is 0.206. The predicted molar refractivity (Wildman–Crippen MR) is 173 cm³/mol. The molecule has 0 bridgehead atoms. The lowest BCUT2D eigenvalue weighted by Gasteiger charge is -2.23. The summed E-state index contributed by atoms with van der Waals surface area (Å²) in [5, 5.41) is 9.93. The lowest BCUT2D eigenvalue weighted by atomic mass is 9.84. The molecule has 1 aliphatic rings. The van der Waals surface area contributed by atoms with Gasteiger partial charge in [0.05, 0.1) is 0 Å². The Morgan fingerprint density at radius 2 is 0.902 bits per heavy atom. The number of hydrogen-bond donors (Lipinski definition) is 0. The van der Waals surface area contributed by atoms with Crippen molar-refractivity contribution in [1.29, 1.82) is 0 Å². The molecule has 1 heteroatoms. The van der Waals surface area contributed by atoms with E-state index in [1.807, 2.05) is 0 Å². The predicted octanol–water partition coefficient (Wildman–Crippen LogP) is 11.4. The second kappa shape index (κ2) is 8.55. The maximum absolute atomic E-state index is 6.43. The first-order valence-electron chi connectivity index (χ1n) is 14.1. The number of fused-ring (bicyclic) bond motifs is 5. The molecule has 9 rings (SSSR count). The molecule has 1 aliphatic heterocycles. The Labute approximate surface area is 237 Å². The van der Waals surface area contributed by atoms with Crippen LogP contribution < -0.4 is 4.74 Å². The van der Waals surface area contributed by atoms with Crippen LogP contribution in [0, 0.1) is 0 Å². The second-order valence-electron chi connectivity index (χ2n) is 10.9. The van der Waals surface area contributed by atoms with Crippen molar-refractivity contribution in [2.24, 2.45) is 0 Å². The van der Waals surface area contributed by atoms with E-state index < -0.39 is 0 Å². The molecule has 0 fully saturated rings. The first-order chi connectivity index (χ1) is 20.3. The number of benzene rings is 8. The Bertz CT molecular complexity index is 2280. The fraction of sp³-hybridized carbons (Fsp3) is 0. The molecule has 0 unspecified atom stereocenters. The molecule has 0 saturated heterocycles. The second-order valence-corrected chi connectivity index (χ2v) is 10.9. The van der Waals surface area contributed by atoms with E-state index in [1.54, 1.807) is 0 Å². The molecule has 0 radical (unpaired) electrons. The highest BCUT2D eigenvalue weighted by Crippen LogP contribution is 2.49. The Morgan fingerprint density at radius 3 is 1.61 bits per heavy atom. The lowest BCUT2D eigenvalue weighted by Crippen LogP contribution is -1.97. The average Bonchev–Trinajstić information content (AvgIpc) is 3.03. The van der Waals surface area contributed by atoms with Crippen molar-refractivity contribution in [3.05, 3.63) is 146 Å². The van der Waals surface area contributed by atoms with Gasteiger partial charge in [0.25, 0.3) is 0 Å². The number of ether oxygens (including phenoxy) is 1. The number of hydrogen-bond acceptors (Lipinski definition) is 1. The molecule has 8 aromatic carbocycles. The largest absolute Gasteiger partial charge is 0.456 e. The summed E-state index contributed by atoms with van der Waals surface area (Å²) in [5.41, 5.74) is 7.34. The van der Waals surface area contributed by atoms with Gasteiger partial charge in [-0.15, -0.1) is 0 Å². The summed E-state index contributed by atoms with van der Waals surface area (Å²) in [4.78, 5) is 0. The fourth-order valence-electron chi connectivity index (χ4n) is 6.81. The Balaban J connectivity index is 1.35. The molecule has 1 heterocycles. The summed E-state index contributed by atoms with van der Waals surface area (Å²) in [6.45, 7) is 0. The van der Waals surface area contributed by atoms with E-state index in [1.165, 1.54) is 70.9 Å². The maximum Gasteiger partial charge on any atom is 0.135 e. The van der Waals surface area contributed by atoms with Crippen LogP contribution in [0.1, 0.15) is 0 Å². The smallest absolute Gasteiger partial charge is 0.135 e. The SMILES string of the molecule is c1ccc2cc(-c3c4ccccc4c(-c4ccc5c(c4)-c4cccc6cccc(c46)O5)c4ccccc34)ccc2c1. The fourth-order valence-corrected chi connectivity index (χ4v) is 6.81. The summed E-state index contributed by atoms with van der Waals surface area (Å²) in [5.74, 6) is 1.83. The van der Waals surface area contributed by atoms with Crippen LogP contribution in [-0.2, 0) is 0 Å². The zero-order valence-electron chi connectivity index (χ0n) is 22.3. The maximum atomic E-state index is 6.43. The van der Waals surface area contributed by atoms with Crippen LogP contribution in [0.15, 0.2) is 146 Å². The third-order valence-corrected chi connectivity index (χ3v) is 8.61. The standard InChI is InChI=1S/C40H24O/c1-2-10-27-23-28(20-19-25(27)9-1)38-30-13-3-5-15-32(30)39(33-16-6-4-14-31(33)38)29-21-22-36-35(24-29)34-17-7-11-26-12-8-18-37(41-36)40(26)34/h1-24H. The van der Waals surface area contributed by atoms with Crippen LogP contribution in [0.25, 0.3) is 76.5 Å². The highest BCUT2D eigenvalue weighted by Gasteiger charge is 2.22. The van der Waals surface area contributed by atoms with E-state index in [4.69, 9.17) is 4.74 Å². The minimum absolute atomic E-state index is 0.904. The van der Waals surface area contributed by atoms with Gasteiger partial charge in [0.15, 0.2) is 0 Å². The molecular weight excluding hydrogens is 496 g/mol. The molecular formula is C40H24O. The van der Waals surface area contributed by atoms with E-state index in [-0.39, 0.29) is 0 Å². The van der Waals surface area contributed by atoms with Crippen LogP contribution in [-0.4, -0.2) is 0 Å². The van der Waals surface area contributed by atoms with E-state index in [9.17, 15) is 0 Å². The topological polar surface area (TPSA) is 9.23 Å². The normalized spacial score (nSPS) is 12.1. The molecule has 41 heavy (non-hydrogen) atoms. The lowest BCUT2D eigenvalue weighted by molar-refractivity contribution is 0.487. The Hall–Kier alpha value is -5.40.